The highest BCUT2D eigenvalue weighted by molar-refractivity contribution is 5.70. The second-order valence-corrected chi connectivity index (χ2v) is 5.50. The van der Waals surface area contributed by atoms with Gasteiger partial charge in [-0.05, 0) is 42.4 Å². The quantitative estimate of drug-likeness (QED) is 0.858. The molecule has 0 fully saturated rings. The lowest BCUT2D eigenvalue weighted by Gasteiger charge is -2.18. The topological polar surface area (TPSA) is 28.7 Å². The first kappa shape index (κ1) is 12.9. The van der Waals surface area contributed by atoms with Crippen LogP contribution in [0.4, 0.5) is 0 Å². The molecule has 3 rings (SSSR count). The minimum absolute atomic E-state index is 0.611. The summed E-state index contributed by atoms with van der Waals surface area (Å²) in [4.78, 5) is 0. The van der Waals surface area contributed by atoms with Crippen LogP contribution in [0.1, 0.15) is 53.8 Å². The number of benzene rings is 1. The van der Waals surface area contributed by atoms with Crippen LogP contribution >= 0.6 is 0 Å². The Labute approximate surface area is 120 Å². The number of hydrogen-bond acceptors (Lipinski definition) is 1. The van der Waals surface area contributed by atoms with Crippen LogP contribution in [0, 0.1) is 0 Å². The summed E-state index contributed by atoms with van der Waals surface area (Å²) in [7, 11) is 0. The fraction of sp³-hybridized carbons (Fsp3) is 0.278. The summed E-state index contributed by atoms with van der Waals surface area (Å²) in [5.41, 5.74) is 6.17. The van der Waals surface area contributed by atoms with E-state index in [-0.39, 0.29) is 0 Å². The number of H-pyrrole nitrogens is 1. The third-order valence-corrected chi connectivity index (χ3v) is 4.07. The van der Waals surface area contributed by atoms with Crippen molar-refractivity contribution in [3.8, 4) is 0 Å². The van der Waals surface area contributed by atoms with Crippen molar-refractivity contribution in [3.63, 3.8) is 0 Å². The van der Waals surface area contributed by atoms with E-state index in [0.717, 1.165) is 17.7 Å². The molecular weight excluding hydrogens is 244 g/mol. The summed E-state index contributed by atoms with van der Waals surface area (Å²) >= 11 is 0. The molecule has 0 aliphatic heterocycles. The molecule has 20 heavy (non-hydrogen) atoms. The Balaban J connectivity index is 1.85. The van der Waals surface area contributed by atoms with E-state index in [4.69, 9.17) is 0 Å². The molecule has 1 unspecified atom stereocenters. The van der Waals surface area contributed by atoms with Crippen LogP contribution in [-0.2, 0) is 6.42 Å². The third kappa shape index (κ3) is 2.46. The van der Waals surface area contributed by atoms with Crippen molar-refractivity contribution in [2.45, 2.75) is 32.1 Å². The predicted octanol–water partition coefficient (Wildman–Crippen LogP) is 4.66. The molecule has 1 aliphatic rings. The van der Waals surface area contributed by atoms with Crippen LogP contribution < -0.4 is 0 Å². The molecule has 0 saturated carbocycles. The molecule has 1 N–H and O–H groups in total. The first-order valence-electron chi connectivity index (χ1n) is 7.25. The van der Waals surface area contributed by atoms with E-state index in [1.807, 2.05) is 6.08 Å². The Morgan fingerprint density at radius 2 is 1.95 bits per heavy atom. The van der Waals surface area contributed by atoms with E-state index in [1.54, 1.807) is 0 Å². The summed E-state index contributed by atoms with van der Waals surface area (Å²) in [6.07, 6.45) is 9.78. The Morgan fingerprint density at radius 1 is 1.20 bits per heavy atom. The van der Waals surface area contributed by atoms with Crippen LogP contribution in [0.15, 0.2) is 30.8 Å². The van der Waals surface area contributed by atoms with Crippen molar-refractivity contribution in [1.82, 2.24) is 10.2 Å². The van der Waals surface area contributed by atoms with Crippen LogP contribution in [0.2, 0.25) is 0 Å². The van der Waals surface area contributed by atoms with Gasteiger partial charge in [-0.1, -0.05) is 49.9 Å². The van der Waals surface area contributed by atoms with Gasteiger partial charge < -0.3 is 0 Å². The number of nitrogens with zero attached hydrogens (tertiary/aromatic N) is 1. The zero-order chi connectivity index (χ0) is 13.9. The molecule has 1 aromatic carbocycles. The number of hydrogen-bond donors (Lipinski definition) is 1. The minimum atomic E-state index is 0.611. The summed E-state index contributed by atoms with van der Waals surface area (Å²) < 4.78 is 0. The van der Waals surface area contributed by atoms with Crippen LogP contribution in [0.3, 0.4) is 0 Å². The van der Waals surface area contributed by atoms with Crippen LogP contribution in [0.5, 0.6) is 0 Å². The first-order valence-corrected chi connectivity index (χ1v) is 7.25. The van der Waals surface area contributed by atoms with Gasteiger partial charge in [0.2, 0.25) is 0 Å². The van der Waals surface area contributed by atoms with Gasteiger partial charge >= 0.3 is 0 Å². The van der Waals surface area contributed by atoms with Gasteiger partial charge in [0, 0.05) is 11.3 Å². The Kier molecular flexibility index (Phi) is 3.55. The standard InChI is InChI=1S/C18H20N2/c1-3-14-7-9-15(10-8-14)11-12-17-18-13(2)5-4-6-16(18)19-20-17/h3,7-13H,1,4-6H2,2H3,(H,19,20)/b12-11+. The van der Waals surface area contributed by atoms with Crippen molar-refractivity contribution in [2.24, 2.45) is 0 Å². The minimum Gasteiger partial charge on any atom is -0.282 e. The maximum absolute atomic E-state index is 4.47. The lowest BCUT2D eigenvalue weighted by Crippen LogP contribution is -2.06. The average Bonchev–Trinajstić information content (AvgIpc) is 2.90. The zero-order valence-electron chi connectivity index (χ0n) is 11.9. The second-order valence-electron chi connectivity index (χ2n) is 5.50. The lowest BCUT2D eigenvalue weighted by atomic mass is 9.86. The Morgan fingerprint density at radius 3 is 2.70 bits per heavy atom. The molecule has 0 amide bonds. The summed E-state index contributed by atoms with van der Waals surface area (Å²) in [6.45, 7) is 6.07. The number of fused-ring (bicyclic) bond motifs is 1. The summed E-state index contributed by atoms with van der Waals surface area (Å²) in [5, 5.41) is 7.67. The molecule has 1 aliphatic carbocycles. The fourth-order valence-corrected chi connectivity index (χ4v) is 2.92. The number of rotatable bonds is 3. The maximum Gasteiger partial charge on any atom is 0.0886 e. The van der Waals surface area contributed by atoms with Crippen molar-refractivity contribution in [2.75, 3.05) is 0 Å². The van der Waals surface area contributed by atoms with E-state index in [2.05, 4.69) is 60.1 Å². The predicted molar refractivity (Wildman–Crippen MR) is 85.4 cm³/mol. The number of nitrogens with one attached hydrogen (secondary N) is 1. The third-order valence-electron chi connectivity index (χ3n) is 4.07. The van der Waals surface area contributed by atoms with Crippen molar-refractivity contribution in [1.29, 1.82) is 0 Å². The Bertz CT molecular complexity index is 632. The first-order chi connectivity index (χ1) is 9.78. The van der Waals surface area contributed by atoms with Gasteiger partial charge in [0.05, 0.1) is 5.69 Å². The molecule has 2 heteroatoms. The Hall–Kier alpha value is -2.09. The van der Waals surface area contributed by atoms with Gasteiger partial charge in [-0.2, -0.15) is 5.10 Å². The molecule has 102 valence electrons. The van der Waals surface area contributed by atoms with E-state index in [9.17, 15) is 0 Å². The van der Waals surface area contributed by atoms with Gasteiger partial charge in [-0.25, -0.2) is 0 Å². The highest BCUT2D eigenvalue weighted by Gasteiger charge is 2.21. The molecule has 0 saturated heterocycles. The van der Waals surface area contributed by atoms with Gasteiger partial charge in [0.1, 0.15) is 0 Å². The number of aromatic nitrogens is 2. The lowest BCUT2D eigenvalue weighted by molar-refractivity contribution is 0.585. The SMILES string of the molecule is C=Cc1ccc(/C=C/c2n[nH]c3c2C(C)CCC3)cc1. The smallest absolute Gasteiger partial charge is 0.0886 e. The van der Waals surface area contributed by atoms with E-state index in [1.165, 1.54) is 29.7 Å². The number of aryl methyl sites for hydroxylation is 1. The number of aromatic amines is 1. The van der Waals surface area contributed by atoms with Crippen LogP contribution in [-0.4, -0.2) is 10.2 Å². The van der Waals surface area contributed by atoms with Gasteiger partial charge in [-0.3, -0.25) is 5.10 Å². The second kappa shape index (κ2) is 5.49. The molecule has 1 aromatic heterocycles. The van der Waals surface area contributed by atoms with Crippen molar-refractivity contribution < 1.29 is 0 Å². The highest BCUT2D eigenvalue weighted by Crippen LogP contribution is 2.32. The van der Waals surface area contributed by atoms with Gasteiger partial charge in [0.25, 0.3) is 0 Å². The fourth-order valence-electron chi connectivity index (χ4n) is 2.92. The molecule has 2 nitrogen and oxygen atoms in total. The van der Waals surface area contributed by atoms with Gasteiger partial charge in [0.15, 0.2) is 0 Å². The molecular formula is C18H20N2. The molecule has 1 atom stereocenters. The van der Waals surface area contributed by atoms with Gasteiger partial charge in [-0.15, -0.1) is 0 Å². The highest BCUT2D eigenvalue weighted by atomic mass is 15.1. The molecule has 0 spiro atoms. The summed E-state index contributed by atoms with van der Waals surface area (Å²) in [6, 6.07) is 8.37. The van der Waals surface area contributed by atoms with E-state index >= 15 is 0 Å². The van der Waals surface area contributed by atoms with Crippen molar-refractivity contribution >= 4 is 18.2 Å². The monoisotopic (exact) mass is 264 g/mol. The van der Waals surface area contributed by atoms with Crippen molar-refractivity contribution in [3.05, 3.63) is 58.9 Å². The zero-order valence-corrected chi connectivity index (χ0v) is 11.9. The maximum atomic E-state index is 4.47. The average molecular weight is 264 g/mol. The van der Waals surface area contributed by atoms with Crippen LogP contribution in [0.25, 0.3) is 18.2 Å². The molecule has 0 bridgehead atoms. The largest absolute Gasteiger partial charge is 0.282 e. The molecule has 2 aromatic rings. The summed E-state index contributed by atoms with van der Waals surface area (Å²) in [5.74, 6) is 0.611. The normalized spacial score (nSPS) is 18.1. The van der Waals surface area contributed by atoms with E-state index < -0.39 is 0 Å². The molecule has 1 heterocycles. The van der Waals surface area contributed by atoms with E-state index in [0.29, 0.717) is 5.92 Å². The molecule has 0 radical (unpaired) electrons.